The third-order valence-electron chi connectivity index (χ3n) is 2.79. The van der Waals surface area contributed by atoms with Gasteiger partial charge in [0.25, 0.3) is 0 Å². The fraction of sp³-hybridized carbons (Fsp3) is 0.444. The number of thiophene rings is 1. The highest BCUT2D eigenvalue weighted by Gasteiger charge is 2.36. The molecule has 0 spiro atoms. The number of nitrogens with zero attached hydrogens (tertiary/aromatic N) is 1. The fourth-order valence-electron chi connectivity index (χ4n) is 2.12. The molecule has 2 aliphatic heterocycles. The number of rotatable bonds is 0. The second-order valence-electron chi connectivity index (χ2n) is 3.46. The highest BCUT2D eigenvalue weighted by molar-refractivity contribution is 7.10. The average Bonchev–Trinajstić information content (AvgIpc) is 2.70. The zero-order valence-electron chi connectivity index (χ0n) is 7.12. The molecule has 2 amide bonds. The SMILES string of the molecule is O=C1NCC2c3sccc3CCN12. The van der Waals surface area contributed by atoms with E-state index in [1.807, 2.05) is 4.90 Å². The largest absolute Gasteiger partial charge is 0.336 e. The number of carbonyl (C=O) groups is 1. The van der Waals surface area contributed by atoms with Gasteiger partial charge in [-0.1, -0.05) is 0 Å². The summed E-state index contributed by atoms with van der Waals surface area (Å²) in [5.41, 5.74) is 1.43. The zero-order valence-corrected chi connectivity index (χ0v) is 7.93. The summed E-state index contributed by atoms with van der Waals surface area (Å²) in [7, 11) is 0. The van der Waals surface area contributed by atoms with Gasteiger partial charge in [0, 0.05) is 18.0 Å². The quantitative estimate of drug-likeness (QED) is 0.664. The fourth-order valence-corrected chi connectivity index (χ4v) is 3.18. The van der Waals surface area contributed by atoms with Crippen LogP contribution >= 0.6 is 11.3 Å². The third-order valence-corrected chi connectivity index (χ3v) is 3.85. The predicted molar refractivity (Wildman–Crippen MR) is 50.9 cm³/mol. The molecule has 3 rings (SSSR count). The van der Waals surface area contributed by atoms with Gasteiger partial charge in [-0.25, -0.2) is 4.79 Å². The molecule has 0 bridgehead atoms. The van der Waals surface area contributed by atoms with Crippen LogP contribution in [0.4, 0.5) is 4.79 Å². The Bertz CT molecular complexity index is 360. The van der Waals surface area contributed by atoms with Crippen molar-refractivity contribution in [2.75, 3.05) is 13.1 Å². The van der Waals surface area contributed by atoms with Crippen LogP contribution in [0.25, 0.3) is 0 Å². The van der Waals surface area contributed by atoms with Crippen molar-refractivity contribution in [3.8, 4) is 0 Å². The molecule has 4 heteroatoms. The first-order valence-electron chi connectivity index (χ1n) is 4.47. The van der Waals surface area contributed by atoms with Gasteiger partial charge in [0.15, 0.2) is 0 Å². The molecular formula is C9H10N2OS. The molecule has 1 saturated heterocycles. The van der Waals surface area contributed by atoms with Gasteiger partial charge in [-0.2, -0.15) is 0 Å². The maximum absolute atomic E-state index is 11.4. The zero-order chi connectivity index (χ0) is 8.84. The summed E-state index contributed by atoms with van der Waals surface area (Å²) in [5.74, 6) is 0. The van der Waals surface area contributed by atoms with E-state index in [2.05, 4.69) is 16.8 Å². The molecule has 0 radical (unpaired) electrons. The smallest absolute Gasteiger partial charge is 0.318 e. The Balaban J connectivity index is 2.05. The van der Waals surface area contributed by atoms with Crippen molar-refractivity contribution >= 4 is 17.4 Å². The molecule has 1 aromatic heterocycles. The van der Waals surface area contributed by atoms with E-state index in [9.17, 15) is 4.79 Å². The van der Waals surface area contributed by atoms with Crippen molar-refractivity contribution in [2.45, 2.75) is 12.5 Å². The van der Waals surface area contributed by atoms with Crippen LogP contribution in [-0.2, 0) is 6.42 Å². The van der Waals surface area contributed by atoms with Crippen LogP contribution in [0.15, 0.2) is 11.4 Å². The molecule has 1 unspecified atom stereocenters. The van der Waals surface area contributed by atoms with Crippen LogP contribution < -0.4 is 5.32 Å². The van der Waals surface area contributed by atoms with Crippen molar-refractivity contribution in [2.24, 2.45) is 0 Å². The average molecular weight is 194 g/mol. The van der Waals surface area contributed by atoms with Crippen LogP contribution in [-0.4, -0.2) is 24.0 Å². The molecule has 68 valence electrons. The van der Waals surface area contributed by atoms with Gasteiger partial charge in [-0.05, 0) is 23.4 Å². The number of amides is 2. The van der Waals surface area contributed by atoms with Gasteiger partial charge < -0.3 is 10.2 Å². The first-order chi connectivity index (χ1) is 6.36. The Morgan fingerprint density at radius 1 is 1.62 bits per heavy atom. The summed E-state index contributed by atoms with van der Waals surface area (Å²) in [5, 5.41) is 5.01. The van der Waals surface area contributed by atoms with Crippen LogP contribution in [0.5, 0.6) is 0 Å². The number of hydrogen-bond donors (Lipinski definition) is 1. The summed E-state index contributed by atoms with van der Waals surface area (Å²) in [4.78, 5) is 14.7. The van der Waals surface area contributed by atoms with Gasteiger partial charge in [-0.15, -0.1) is 11.3 Å². The summed E-state index contributed by atoms with van der Waals surface area (Å²) < 4.78 is 0. The summed E-state index contributed by atoms with van der Waals surface area (Å²) in [6, 6.07) is 2.60. The van der Waals surface area contributed by atoms with Crippen molar-refractivity contribution in [1.82, 2.24) is 10.2 Å². The Morgan fingerprint density at radius 3 is 3.46 bits per heavy atom. The lowest BCUT2D eigenvalue weighted by atomic mass is 10.0. The third kappa shape index (κ3) is 0.920. The molecular weight excluding hydrogens is 184 g/mol. The highest BCUT2D eigenvalue weighted by atomic mass is 32.1. The topological polar surface area (TPSA) is 32.3 Å². The summed E-state index contributed by atoms with van der Waals surface area (Å²) >= 11 is 1.77. The predicted octanol–water partition coefficient (Wildman–Crippen LogP) is 1.37. The van der Waals surface area contributed by atoms with Crippen LogP contribution in [0.3, 0.4) is 0 Å². The molecule has 0 saturated carbocycles. The lowest BCUT2D eigenvalue weighted by Gasteiger charge is -2.27. The molecule has 1 N–H and O–H groups in total. The molecule has 0 aliphatic carbocycles. The molecule has 1 aromatic rings. The first-order valence-corrected chi connectivity index (χ1v) is 5.35. The van der Waals surface area contributed by atoms with E-state index in [1.54, 1.807) is 11.3 Å². The standard InChI is InChI=1S/C9H10N2OS/c12-9-10-5-7-8-6(2-4-13-8)1-3-11(7)9/h2,4,7H,1,3,5H2,(H,10,12). The Hall–Kier alpha value is -1.03. The molecule has 2 aliphatic rings. The Morgan fingerprint density at radius 2 is 2.54 bits per heavy atom. The van der Waals surface area contributed by atoms with Gasteiger partial charge in [0.05, 0.1) is 6.04 Å². The monoisotopic (exact) mass is 194 g/mol. The molecule has 1 atom stereocenters. The first kappa shape index (κ1) is 7.38. The van der Waals surface area contributed by atoms with Crippen molar-refractivity contribution in [3.05, 3.63) is 21.9 Å². The lowest BCUT2D eigenvalue weighted by molar-refractivity contribution is 0.202. The van der Waals surface area contributed by atoms with Crippen molar-refractivity contribution in [3.63, 3.8) is 0 Å². The van der Waals surface area contributed by atoms with Gasteiger partial charge >= 0.3 is 6.03 Å². The number of nitrogens with one attached hydrogen (secondary N) is 1. The summed E-state index contributed by atoms with van der Waals surface area (Å²) in [6.45, 7) is 1.66. The van der Waals surface area contributed by atoms with Crippen molar-refractivity contribution < 1.29 is 4.79 Å². The van der Waals surface area contributed by atoms with Crippen molar-refractivity contribution in [1.29, 1.82) is 0 Å². The minimum Gasteiger partial charge on any atom is -0.336 e. The number of urea groups is 1. The minimum atomic E-state index is 0.101. The van der Waals surface area contributed by atoms with E-state index in [4.69, 9.17) is 0 Å². The maximum Gasteiger partial charge on any atom is 0.318 e. The molecule has 3 nitrogen and oxygen atoms in total. The minimum absolute atomic E-state index is 0.101. The van der Waals surface area contributed by atoms with E-state index >= 15 is 0 Å². The number of fused-ring (bicyclic) bond motifs is 3. The Labute approximate surface area is 80.4 Å². The summed E-state index contributed by atoms with van der Waals surface area (Å²) in [6.07, 6.45) is 1.02. The van der Waals surface area contributed by atoms with Gasteiger partial charge in [0.1, 0.15) is 0 Å². The maximum atomic E-state index is 11.4. The number of carbonyl (C=O) groups excluding carboxylic acids is 1. The van der Waals surface area contributed by atoms with Crippen LogP contribution in [0, 0.1) is 0 Å². The molecule has 13 heavy (non-hydrogen) atoms. The second-order valence-corrected chi connectivity index (χ2v) is 4.40. The second kappa shape index (κ2) is 2.48. The normalized spacial score (nSPS) is 25.4. The van der Waals surface area contributed by atoms with E-state index in [0.29, 0.717) is 6.04 Å². The van der Waals surface area contributed by atoms with Crippen LogP contribution in [0.2, 0.25) is 0 Å². The van der Waals surface area contributed by atoms with E-state index in [0.717, 1.165) is 19.5 Å². The molecule has 3 heterocycles. The molecule has 0 aromatic carbocycles. The van der Waals surface area contributed by atoms with Gasteiger partial charge in [0.2, 0.25) is 0 Å². The Kier molecular flexibility index (Phi) is 1.41. The van der Waals surface area contributed by atoms with E-state index in [1.165, 1.54) is 10.4 Å². The highest BCUT2D eigenvalue weighted by Crippen LogP contribution is 2.35. The lowest BCUT2D eigenvalue weighted by Crippen LogP contribution is -2.34. The molecule has 1 fully saturated rings. The van der Waals surface area contributed by atoms with E-state index in [-0.39, 0.29) is 6.03 Å². The number of hydrogen-bond acceptors (Lipinski definition) is 2. The van der Waals surface area contributed by atoms with E-state index < -0.39 is 0 Å². The van der Waals surface area contributed by atoms with Crippen LogP contribution in [0.1, 0.15) is 16.5 Å². The van der Waals surface area contributed by atoms with Gasteiger partial charge in [-0.3, -0.25) is 0 Å².